The van der Waals surface area contributed by atoms with Gasteiger partial charge in [0.25, 0.3) is 0 Å². The monoisotopic (exact) mass is 753 g/mol. The molecule has 0 aliphatic carbocycles. The molecule has 0 fully saturated rings. The Labute approximate surface area is 338 Å². The van der Waals surface area contributed by atoms with Crippen molar-refractivity contribution < 1.29 is 4.42 Å². The molecule has 4 aromatic heterocycles. The van der Waals surface area contributed by atoms with Gasteiger partial charge in [-0.1, -0.05) is 146 Å². The van der Waals surface area contributed by atoms with Gasteiger partial charge in [-0.3, -0.25) is 0 Å². The number of nitriles is 1. The van der Waals surface area contributed by atoms with Crippen LogP contribution in [0.3, 0.4) is 0 Å². The highest BCUT2D eigenvalue weighted by Gasteiger charge is 2.27. The van der Waals surface area contributed by atoms with Gasteiger partial charge in [0.2, 0.25) is 0 Å². The Kier molecular flexibility index (Phi) is 7.19. The molecule has 4 heterocycles. The van der Waals surface area contributed by atoms with E-state index in [4.69, 9.17) is 14.4 Å². The first-order valence-corrected chi connectivity index (χ1v) is 19.6. The SMILES string of the molecule is N#Cc1cc(-n2c3ccccc3c3ccccc32)c(-n2c3ccccc3c3ccccc32)c2oc3c(-c4nc(-c5ccccc5)cc(-c5ccccc5)n4)cccc3c12. The molecule has 0 saturated carbocycles. The fraction of sp³-hybridized carbons (Fsp3) is 0. The molecular formula is C53H31N5O. The number of rotatable bonds is 5. The maximum atomic E-state index is 11.1. The van der Waals surface area contributed by atoms with E-state index in [9.17, 15) is 5.26 Å². The van der Waals surface area contributed by atoms with Crippen LogP contribution in [-0.2, 0) is 0 Å². The van der Waals surface area contributed by atoms with Crippen molar-refractivity contribution in [3.8, 4) is 51.3 Å². The van der Waals surface area contributed by atoms with E-state index in [2.05, 4.69) is 137 Å². The summed E-state index contributed by atoms with van der Waals surface area (Å²) in [5.74, 6) is 0.536. The zero-order valence-corrected chi connectivity index (χ0v) is 31.5. The Bertz CT molecular complexity index is 3520. The average molecular weight is 754 g/mol. The van der Waals surface area contributed by atoms with Crippen molar-refractivity contribution >= 4 is 65.6 Å². The summed E-state index contributed by atoms with van der Waals surface area (Å²) in [4.78, 5) is 10.4. The highest BCUT2D eigenvalue weighted by Crippen LogP contribution is 2.46. The summed E-state index contributed by atoms with van der Waals surface area (Å²) in [7, 11) is 0. The first-order chi connectivity index (χ1) is 29.2. The van der Waals surface area contributed by atoms with E-state index in [0.717, 1.165) is 93.8 Å². The highest BCUT2D eigenvalue weighted by molar-refractivity contribution is 6.18. The standard InChI is InChI=1S/C53H31N5O/c54-32-35-30-48(57-44-26-11-7-20-36(44)37-21-8-12-27-45(37)57)50(58-46-28-13-9-22-38(46)39-23-10-14-29-47(39)58)52-49(35)40-24-15-25-41(51(40)59-52)53-55-42(33-16-3-1-4-17-33)31-43(56-53)34-18-5-2-6-19-34/h1-31H. The van der Waals surface area contributed by atoms with Crippen molar-refractivity contribution in [3.63, 3.8) is 0 Å². The Morgan fingerprint density at radius 2 is 0.898 bits per heavy atom. The van der Waals surface area contributed by atoms with E-state index >= 15 is 0 Å². The maximum absolute atomic E-state index is 11.1. The second-order valence-electron chi connectivity index (χ2n) is 14.8. The molecule has 274 valence electrons. The van der Waals surface area contributed by atoms with Crippen molar-refractivity contribution in [2.75, 3.05) is 0 Å². The minimum Gasteiger partial charge on any atom is -0.453 e. The van der Waals surface area contributed by atoms with Gasteiger partial charge in [-0.15, -0.1) is 0 Å². The molecule has 0 atom stereocenters. The molecule has 12 rings (SSSR count). The van der Waals surface area contributed by atoms with Gasteiger partial charge in [0.05, 0.1) is 56.3 Å². The third kappa shape index (κ3) is 4.92. The fourth-order valence-corrected chi connectivity index (χ4v) is 9.02. The molecule has 6 nitrogen and oxygen atoms in total. The molecule has 12 aromatic rings. The maximum Gasteiger partial charge on any atom is 0.164 e. The van der Waals surface area contributed by atoms with Crippen LogP contribution in [0.15, 0.2) is 192 Å². The van der Waals surface area contributed by atoms with Crippen molar-refractivity contribution in [2.45, 2.75) is 0 Å². The number of aromatic nitrogens is 4. The Morgan fingerprint density at radius 1 is 0.441 bits per heavy atom. The van der Waals surface area contributed by atoms with E-state index < -0.39 is 0 Å². The molecule has 0 radical (unpaired) electrons. The van der Waals surface area contributed by atoms with Gasteiger partial charge in [0, 0.05) is 43.4 Å². The van der Waals surface area contributed by atoms with Gasteiger partial charge in [-0.2, -0.15) is 5.26 Å². The molecular weight excluding hydrogens is 723 g/mol. The van der Waals surface area contributed by atoms with Gasteiger partial charge in [-0.05, 0) is 42.5 Å². The number of fused-ring (bicyclic) bond motifs is 9. The number of nitrogens with zero attached hydrogens (tertiary/aromatic N) is 5. The number of para-hydroxylation sites is 5. The molecule has 0 bridgehead atoms. The molecule has 59 heavy (non-hydrogen) atoms. The first kappa shape index (κ1) is 32.9. The summed E-state index contributed by atoms with van der Waals surface area (Å²) in [6.45, 7) is 0. The number of hydrogen-bond donors (Lipinski definition) is 0. The van der Waals surface area contributed by atoms with Crippen LogP contribution in [0.1, 0.15) is 5.56 Å². The molecule has 0 saturated heterocycles. The van der Waals surface area contributed by atoms with Crippen LogP contribution in [0.5, 0.6) is 0 Å². The first-order valence-electron chi connectivity index (χ1n) is 19.6. The zero-order valence-electron chi connectivity index (χ0n) is 31.5. The van der Waals surface area contributed by atoms with Crippen molar-refractivity contribution in [2.24, 2.45) is 0 Å². The number of hydrogen-bond acceptors (Lipinski definition) is 4. The lowest BCUT2D eigenvalue weighted by Gasteiger charge is -2.18. The Balaban J connectivity index is 1.24. The lowest BCUT2D eigenvalue weighted by Crippen LogP contribution is -2.05. The molecule has 0 aliphatic heterocycles. The van der Waals surface area contributed by atoms with Gasteiger partial charge in [0.1, 0.15) is 11.3 Å². The summed E-state index contributed by atoms with van der Waals surface area (Å²) in [6.07, 6.45) is 0. The van der Waals surface area contributed by atoms with E-state index in [1.165, 1.54) is 0 Å². The largest absolute Gasteiger partial charge is 0.453 e. The predicted molar refractivity (Wildman–Crippen MR) is 239 cm³/mol. The fourth-order valence-electron chi connectivity index (χ4n) is 9.02. The third-order valence-corrected chi connectivity index (χ3v) is 11.6. The molecule has 0 amide bonds. The summed E-state index contributed by atoms with van der Waals surface area (Å²) >= 11 is 0. The molecule has 0 spiro atoms. The number of benzene rings is 8. The summed E-state index contributed by atoms with van der Waals surface area (Å²) < 4.78 is 11.9. The third-order valence-electron chi connectivity index (χ3n) is 11.6. The summed E-state index contributed by atoms with van der Waals surface area (Å²) in [6, 6.07) is 67.1. The second kappa shape index (κ2) is 12.9. The van der Waals surface area contributed by atoms with E-state index in [-0.39, 0.29) is 0 Å². The van der Waals surface area contributed by atoms with Crippen LogP contribution < -0.4 is 0 Å². The minimum absolute atomic E-state index is 0.515. The molecule has 8 aromatic carbocycles. The van der Waals surface area contributed by atoms with Crippen LogP contribution in [0.25, 0.3) is 111 Å². The van der Waals surface area contributed by atoms with E-state index in [1.807, 2.05) is 66.7 Å². The molecule has 0 N–H and O–H groups in total. The molecule has 0 aliphatic rings. The van der Waals surface area contributed by atoms with Crippen LogP contribution in [0.4, 0.5) is 0 Å². The van der Waals surface area contributed by atoms with Crippen molar-refractivity contribution in [3.05, 3.63) is 194 Å². The highest BCUT2D eigenvalue weighted by atomic mass is 16.3. The van der Waals surface area contributed by atoms with Crippen LogP contribution in [-0.4, -0.2) is 19.1 Å². The van der Waals surface area contributed by atoms with Crippen LogP contribution >= 0.6 is 0 Å². The Morgan fingerprint density at radius 3 is 1.41 bits per heavy atom. The average Bonchev–Trinajstić information content (AvgIpc) is 3.97. The minimum atomic E-state index is 0.515. The van der Waals surface area contributed by atoms with Gasteiger partial charge in [-0.25, -0.2) is 9.97 Å². The van der Waals surface area contributed by atoms with Crippen LogP contribution in [0, 0.1) is 11.3 Å². The quantitative estimate of drug-likeness (QED) is 0.175. The van der Waals surface area contributed by atoms with Gasteiger partial charge in [0.15, 0.2) is 11.4 Å². The van der Waals surface area contributed by atoms with Crippen molar-refractivity contribution in [1.82, 2.24) is 19.1 Å². The molecule has 0 unspecified atom stereocenters. The second-order valence-corrected chi connectivity index (χ2v) is 14.8. The van der Waals surface area contributed by atoms with Crippen LogP contribution in [0.2, 0.25) is 0 Å². The normalized spacial score (nSPS) is 11.7. The zero-order chi connectivity index (χ0) is 39.0. The number of furan rings is 1. The van der Waals surface area contributed by atoms with E-state index in [0.29, 0.717) is 22.6 Å². The lowest BCUT2D eigenvalue weighted by molar-refractivity contribution is 0.666. The Hall–Kier alpha value is -8.27. The summed E-state index contributed by atoms with van der Waals surface area (Å²) in [5.41, 5.74) is 11.9. The van der Waals surface area contributed by atoms with Crippen molar-refractivity contribution in [1.29, 1.82) is 5.26 Å². The topological polar surface area (TPSA) is 72.6 Å². The van der Waals surface area contributed by atoms with Gasteiger partial charge < -0.3 is 13.6 Å². The lowest BCUT2D eigenvalue weighted by atomic mass is 10.0. The summed E-state index contributed by atoms with van der Waals surface area (Å²) in [5, 5.41) is 17.2. The predicted octanol–water partition coefficient (Wildman–Crippen LogP) is 13.4. The molecule has 6 heteroatoms. The van der Waals surface area contributed by atoms with E-state index in [1.54, 1.807) is 0 Å². The van der Waals surface area contributed by atoms with Gasteiger partial charge >= 0.3 is 0 Å². The smallest absolute Gasteiger partial charge is 0.164 e.